The quantitative estimate of drug-likeness (QED) is 0.513. The highest BCUT2D eigenvalue weighted by molar-refractivity contribution is 4.97. The number of hydrogen-bond donors (Lipinski definition) is 3. The van der Waals surface area contributed by atoms with Crippen molar-refractivity contribution in [3.05, 3.63) is 0 Å². The maximum absolute atomic E-state index is 3.95. The van der Waals surface area contributed by atoms with E-state index in [2.05, 4.69) is 93.0 Å². The molecule has 0 saturated carbocycles. The van der Waals surface area contributed by atoms with Gasteiger partial charge in [-0.3, -0.25) is 14.7 Å². The van der Waals surface area contributed by atoms with Crippen molar-refractivity contribution in [1.29, 1.82) is 0 Å². The van der Waals surface area contributed by atoms with Gasteiger partial charge in [0.25, 0.3) is 0 Å². The molecule has 3 fully saturated rings. The third-order valence-electron chi connectivity index (χ3n) is 8.61. The van der Waals surface area contributed by atoms with Crippen molar-refractivity contribution >= 4 is 0 Å². The van der Waals surface area contributed by atoms with Gasteiger partial charge in [0.05, 0.1) is 0 Å². The molecule has 3 aliphatic heterocycles. The Bertz CT molecular complexity index is 599. The van der Waals surface area contributed by atoms with Crippen LogP contribution in [0.4, 0.5) is 0 Å². The standard InChI is InChI=1S/C27H56N6/c1-20(2)31-13-12-28-27(9,19-31)11-10-24(6)32-15-21(3)30-25(18-32)14-26(7,8)33-16-22(4)29-23(5)17-33/h20-25,28-30H,10-19H2,1-9H3/t21-,22-,23+,24+,25-,27?/m0/s1. The fraction of sp³-hybridized carbons (Fsp3) is 1.00. The molecular formula is C27H56N6. The van der Waals surface area contributed by atoms with Crippen molar-refractivity contribution in [3.63, 3.8) is 0 Å². The van der Waals surface area contributed by atoms with Crippen LogP contribution in [-0.2, 0) is 0 Å². The zero-order chi connectivity index (χ0) is 24.4. The Morgan fingerprint density at radius 3 is 2.18 bits per heavy atom. The second-order valence-corrected chi connectivity index (χ2v) is 13.0. The van der Waals surface area contributed by atoms with Gasteiger partial charge >= 0.3 is 0 Å². The van der Waals surface area contributed by atoms with Crippen LogP contribution < -0.4 is 16.0 Å². The Morgan fingerprint density at radius 2 is 1.55 bits per heavy atom. The van der Waals surface area contributed by atoms with Gasteiger partial charge in [-0.1, -0.05) is 0 Å². The van der Waals surface area contributed by atoms with Crippen LogP contribution >= 0.6 is 0 Å². The Hall–Kier alpha value is -0.240. The van der Waals surface area contributed by atoms with Gasteiger partial charge in [0.1, 0.15) is 0 Å². The lowest BCUT2D eigenvalue weighted by Gasteiger charge is -2.49. The summed E-state index contributed by atoms with van der Waals surface area (Å²) in [5.41, 5.74) is 0.460. The molecule has 3 aliphatic rings. The Kier molecular flexibility index (Phi) is 9.30. The van der Waals surface area contributed by atoms with Crippen LogP contribution in [0.25, 0.3) is 0 Å². The maximum Gasteiger partial charge on any atom is 0.0281 e. The molecule has 3 saturated heterocycles. The molecule has 0 radical (unpaired) electrons. The number of nitrogens with zero attached hydrogens (tertiary/aromatic N) is 3. The number of hydrogen-bond acceptors (Lipinski definition) is 6. The molecule has 6 nitrogen and oxygen atoms in total. The molecule has 3 heterocycles. The van der Waals surface area contributed by atoms with E-state index in [-0.39, 0.29) is 11.1 Å². The molecule has 33 heavy (non-hydrogen) atoms. The number of rotatable bonds is 8. The molecular weight excluding hydrogens is 408 g/mol. The first-order valence-electron chi connectivity index (χ1n) is 13.9. The van der Waals surface area contributed by atoms with Crippen LogP contribution in [-0.4, -0.2) is 108 Å². The summed E-state index contributed by atoms with van der Waals surface area (Å²) in [5, 5.41) is 11.5. The molecule has 0 aromatic heterocycles. The smallest absolute Gasteiger partial charge is 0.0281 e. The average Bonchev–Trinajstić information content (AvgIpc) is 2.70. The first-order valence-corrected chi connectivity index (χ1v) is 13.9. The molecule has 0 amide bonds. The van der Waals surface area contributed by atoms with Crippen molar-refractivity contribution in [2.75, 3.05) is 45.8 Å². The average molecular weight is 465 g/mol. The largest absolute Gasteiger partial charge is 0.309 e. The second kappa shape index (κ2) is 11.2. The third-order valence-corrected chi connectivity index (χ3v) is 8.61. The van der Waals surface area contributed by atoms with Gasteiger partial charge in [-0.2, -0.15) is 0 Å². The summed E-state index contributed by atoms with van der Waals surface area (Å²) in [5.74, 6) is 0. The predicted octanol–water partition coefficient (Wildman–Crippen LogP) is 2.74. The minimum atomic E-state index is 0.216. The van der Waals surface area contributed by atoms with Gasteiger partial charge in [-0.05, 0) is 81.6 Å². The molecule has 1 unspecified atom stereocenters. The zero-order valence-electron chi connectivity index (χ0n) is 23.4. The van der Waals surface area contributed by atoms with Crippen LogP contribution in [0, 0.1) is 0 Å². The van der Waals surface area contributed by atoms with E-state index in [4.69, 9.17) is 0 Å². The van der Waals surface area contributed by atoms with Crippen LogP contribution in [0.5, 0.6) is 0 Å². The van der Waals surface area contributed by atoms with E-state index >= 15 is 0 Å². The minimum Gasteiger partial charge on any atom is -0.309 e. The summed E-state index contributed by atoms with van der Waals surface area (Å²) in [6.45, 7) is 29.6. The second-order valence-electron chi connectivity index (χ2n) is 13.0. The number of nitrogens with one attached hydrogen (secondary N) is 3. The molecule has 3 rings (SSSR count). The van der Waals surface area contributed by atoms with Crippen molar-refractivity contribution in [1.82, 2.24) is 30.7 Å². The van der Waals surface area contributed by atoms with Crippen molar-refractivity contribution in [2.45, 2.75) is 129 Å². The molecule has 0 aromatic carbocycles. The minimum absolute atomic E-state index is 0.216. The zero-order valence-corrected chi connectivity index (χ0v) is 23.4. The molecule has 6 atom stereocenters. The first-order chi connectivity index (χ1) is 15.4. The normalized spacial score (nSPS) is 36.9. The van der Waals surface area contributed by atoms with Gasteiger partial charge < -0.3 is 16.0 Å². The fourth-order valence-electron chi connectivity index (χ4n) is 6.66. The van der Waals surface area contributed by atoms with Crippen LogP contribution in [0.2, 0.25) is 0 Å². The van der Waals surface area contributed by atoms with E-state index in [1.54, 1.807) is 0 Å². The van der Waals surface area contributed by atoms with Crippen molar-refractivity contribution in [3.8, 4) is 0 Å². The van der Waals surface area contributed by atoms with Crippen LogP contribution in [0.15, 0.2) is 0 Å². The summed E-state index contributed by atoms with van der Waals surface area (Å²) in [7, 11) is 0. The highest BCUT2D eigenvalue weighted by atomic mass is 15.3. The van der Waals surface area contributed by atoms with Gasteiger partial charge in [0.15, 0.2) is 0 Å². The first kappa shape index (κ1) is 27.3. The highest BCUT2D eigenvalue weighted by Crippen LogP contribution is 2.27. The lowest BCUT2D eigenvalue weighted by Crippen LogP contribution is -2.64. The molecule has 3 N–H and O–H groups in total. The Morgan fingerprint density at radius 1 is 0.909 bits per heavy atom. The van der Waals surface area contributed by atoms with E-state index < -0.39 is 0 Å². The lowest BCUT2D eigenvalue weighted by atomic mass is 9.88. The lowest BCUT2D eigenvalue weighted by molar-refractivity contribution is 0.0344. The van der Waals surface area contributed by atoms with Crippen molar-refractivity contribution < 1.29 is 0 Å². The molecule has 0 spiro atoms. The van der Waals surface area contributed by atoms with E-state index in [9.17, 15) is 0 Å². The summed E-state index contributed by atoms with van der Waals surface area (Å²) in [6.07, 6.45) is 3.73. The van der Waals surface area contributed by atoms with E-state index in [0.29, 0.717) is 36.3 Å². The van der Waals surface area contributed by atoms with Gasteiger partial charge in [0, 0.05) is 93.1 Å². The summed E-state index contributed by atoms with van der Waals surface area (Å²) < 4.78 is 0. The van der Waals surface area contributed by atoms with E-state index in [0.717, 1.165) is 19.6 Å². The van der Waals surface area contributed by atoms with Gasteiger partial charge in [-0.25, -0.2) is 0 Å². The van der Waals surface area contributed by atoms with E-state index in [1.807, 2.05) is 0 Å². The van der Waals surface area contributed by atoms with Gasteiger partial charge in [-0.15, -0.1) is 0 Å². The van der Waals surface area contributed by atoms with Crippen LogP contribution in [0.1, 0.15) is 81.6 Å². The maximum atomic E-state index is 3.95. The SMILES string of the molecule is CC(C)N1CCNC(C)(CC[C@@H](C)N2C[C@H](CC(C)(C)N3C[C@@H](C)N[C@@H](C)C3)N[C@@H](C)C2)C1. The molecule has 0 bridgehead atoms. The molecule has 0 aromatic rings. The monoisotopic (exact) mass is 464 g/mol. The summed E-state index contributed by atoms with van der Waals surface area (Å²) in [4.78, 5) is 8.14. The summed E-state index contributed by atoms with van der Waals surface area (Å²) >= 11 is 0. The number of piperazine rings is 3. The third kappa shape index (κ3) is 7.62. The van der Waals surface area contributed by atoms with E-state index in [1.165, 1.54) is 45.4 Å². The fourth-order valence-corrected chi connectivity index (χ4v) is 6.66. The van der Waals surface area contributed by atoms with Gasteiger partial charge in [0.2, 0.25) is 0 Å². The Labute approximate surface area is 205 Å². The van der Waals surface area contributed by atoms with Crippen molar-refractivity contribution in [2.24, 2.45) is 0 Å². The molecule has 194 valence electrons. The summed E-state index contributed by atoms with van der Waals surface area (Å²) in [6, 6.07) is 3.54. The highest BCUT2D eigenvalue weighted by Gasteiger charge is 2.37. The predicted molar refractivity (Wildman–Crippen MR) is 142 cm³/mol. The topological polar surface area (TPSA) is 45.8 Å². The molecule has 0 aliphatic carbocycles. The molecule has 6 heteroatoms. The van der Waals surface area contributed by atoms with Crippen LogP contribution in [0.3, 0.4) is 0 Å². The Balaban J connectivity index is 1.54.